The van der Waals surface area contributed by atoms with Crippen LogP contribution in [0.15, 0.2) is 42.5 Å². The van der Waals surface area contributed by atoms with Crippen LogP contribution in [0.1, 0.15) is 18.4 Å². The number of hydrogen-bond acceptors (Lipinski definition) is 7. The number of nitrogens with zero attached hydrogens (tertiary/aromatic N) is 3. The van der Waals surface area contributed by atoms with Gasteiger partial charge in [0.15, 0.2) is 5.13 Å². The Morgan fingerprint density at radius 3 is 2.56 bits per heavy atom. The number of aryl methyl sites for hydroxylation is 1. The molecular weight excluding hydrogens is 430 g/mol. The second-order valence-corrected chi connectivity index (χ2v) is 8.91. The van der Waals surface area contributed by atoms with E-state index in [9.17, 15) is 19.7 Å². The number of hydrogen-bond donors (Lipinski definition) is 2. The van der Waals surface area contributed by atoms with Gasteiger partial charge in [0.05, 0.1) is 21.7 Å². The molecule has 1 aliphatic rings. The highest BCUT2D eigenvalue weighted by atomic mass is 32.1. The molecule has 32 heavy (non-hydrogen) atoms. The summed E-state index contributed by atoms with van der Waals surface area (Å²) in [6.07, 6.45) is 1.31. The summed E-state index contributed by atoms with van der Waals surface area (Å²) in [6.45, 7) is 3.60. The molecule has 1 fully saturated rings. The smallest absolute Gasteiger partial charge is 0.270 e. The third kappa shape index (κ3) is 5.27. The first-order chi connectivity index (χ1) is 15.4. The van der Waals surface area contributed by atoms with Gasteiger partial charge in [-0.15, -0.1) is 0 Å². The lowest BCUT2D eigenvalue weighted by Crippen LogP contribution is -2.41. The molecule has 0 atom stereocenters. The van der Waals surface area contributed by atoms with E-state index in [4.69, 9.17) is 0 Å². The van der Waals surface area contributed by atoms with Crippen LogP contribution >= 0.6 is 11.3 Å². The number of carbonyl (C=O) groups excluding carboxylic acids is 2. The van der Waals surface area contributed by atoms with Gasteiger partial charge in [0, 0.05) is 23.7 Å². The molecule has 10 heteroatoms. The van der Waals surface area contributed by atoms with Crippen molar-refractivity contribution in [1.82, 2.24) is 9.88 Å². The molecule has 2 amide bonds. The van der Waals surface area contributed by atoms with E-state index in [0.717, 1.165) is 11.3 Å². The predicted octanol–water partition coefficient (Wildman–Crippen LogP) is 3.80. The van der Waals surface area contributed by atoms with Crippen LogP contribution in [0.4, 0.5) is 16.5 Å². The molecular formula is C22H23N5O4S. The highest BCUT2D eigenvalue weighted by Crippen LogP contribution is 2.30. The summed E-state index contributed by atoms with van der Waals surface area (Å²) in [4.78, 5) is 41.8. The summed E-state index contributed by atoms with van der Waals surface area (Å²) < 4.78 is 0.656. The number of non-ortho nitro benzene ring substituents is 1. The summed E-state index contributed by atoms with van der Waals surface area (Å²) in [7, 11) is 0. The summed E-state index contributed by atoms with van der Waals surface area (Å²) in [5.41, 5.74) is 2.52. The van der Waals surface area contributed by atoms with E-state index in [2.05, 4.69) is 15.6 Å². The number of likely N-dealkylation sites (tertiary alicyclic amines) is 1. The van der Waals surface area contributed by atoms with Crippen LogP contribution in [-0.2, 0) is 9.59 Å². The van der Waals surface area contributed by atoms with Crippen LogP contribution in [0.25, 0.3) is 10.2 Å². The number of aromatic nitrogens is 1. The summed E-state index contributed by atoms with van der Waals surface area (Å²) in [5, 5.41) is 17.1. The maximum atomic E-state index is 12.7. The van der Waals surface area contributed by atoms with Crippen LogP contribution in [-0.4, -0.2) is 46.3 Å². The lowest BCUT2D eigenvalue weighted by Gasteiger charge is -2.30. The fourth-order valence-corrected chi connectivity index (χ4v) is 4.58. The van der Waals surface area contributed by atoms with Crippen LogP contribution in [0.3, 0.4) is 0 Å². The van der Waals surface area contributed by atoms with E-state index < -0.39 is 4.92 Å². The molecule has 2 heterocycles. The quantitative estimate of drug-likeness (QED) is 0.433. The average Bonchev–Trinajstić information content (AvgIpc) is 3.17. The molecule has 0 unspecified atom stereocenters. The SMILES string of the molecule is Cc1ccc(NC(=O)CN2CCC(C(=O)Nc3nc4ccc([N+](=O)[O-])cc4s3)CC2)cc1. The maximum Gasteiger partial charge on any atom is 0.270 e. The zero-order valence-corrected chi connectivity index (χ0v) is 18.4. The van der Waals surface area contributed by atoms with E-state index in [0.29, 0.717) is 47.8 Å². The fourth-order valence-electron chi connectivity index (χ4n) is 3.68. The van der Waals surface area contributed by atoms with Crippen molar-refractivity contribution in [3.8, 4) is 0 Å². The normalized spacial score (nSPS) is 14.9. The minimum absolute atomic E-state index is 0.00202. The van der Waals surface area contributed by atoms with Gasteiger partial charge in [0.1, 0.15) is 0 Å². The fraction of sp³-hybridized carbons (Fsp3) is 0.318. The van der Waals surface area contributed by atoms with Gasteiger partial charge in [0.2, 0.25) is 11.8 Å². The third-order valence-corrected chi connectivity index (χ3v) is 6.41. The topological polar surface area (TPSA) is 117 Å². The number of nitrogens with one attached hydrogen (secondary N) is 2. The van der Waals surface area contributed by atoms with Gasteiger partial charge < -0.3 is 10.6 Å². The Hall–Kier alpha value is -3.37. The Labute approximate surface area is 188 Å². The molecule has 0 aliphatic carbocycles. The molecule has 166 valence electrons. The van der Waals surface area contributed by atoms with E-state index in [1.54, 1.807) is 6.07 Å². The van der Waals surface area contributed by atoms with Crippen molar-refractivity contribution in [2.75, 3.05) is 30.3 Å². The van der Waals surface area contributed by atoms with Gasteiger partial charge >= 0.3 is 0 Å². The van der Waals surface area contributed by atoms with Crippen LogP contribution < -0.4 is 10.6 Å². The maximum absolute atomic E-state index is 12.7. The van der Waals surface area contributed by atoms with Crippen LogP contribution in [0.2, 0.25) is 0 Å². The zero-order chi connectivity index (χ0) is 22.7. The van der Waals surface area contributed by atoms with E-state index in [1.807, 2.05) is 36.1 Å². The van der Waals surface area contributed by atoms with Crippen molar-refractivity contribution >= 4 is 49.9 Å². The number of nitro groups is 1. The highest BCUT2D eigenvalue weighted by molar-refractivity contribution is 7.22. The Bertz CT molecular complexity index is 1150. The Kier molecular flexibility index (Phi) is 6.42. The van der Waals surface area contributed by atoms with Crippen molar-refractivity contribution in [2.45, 2.75) is 19.8 Å². The van der Waals surface area contributed by atoms with Gasteiger partial charge in [-0.25, -0.2) is 4.98 Å². The molecule has 1 aromatic heterocycles. The monoisotopic (exact) mass is 453 g/mol. The van der Waals surface area contributed by atoms with Gasteiger partial charge in [-0.05, 0) is 51.1 Å². The first-order valence-corrected chi connectivity index (χ1v) is 11.1. The largest absolute Gasteiger partial charge is 0.325 e. The van der Waals surface area contributed by atoms with E-state index in [1.165, 1.54) is 23.5 Å². The number of anilines is 2. The number of carbonyl (C=O) groups is 2. The molecule has 3 aromatic rings. The molecule has 1 aliphatic heterocycles. The van der Waals surface area contributed by atoms with Crippen molar-refractivity contribution in [1.29, 1.82) is 0 Å². The van der Waals surface area contributed by atoms with Gasteiger partial charge in [-0.1, -0.05) is 29.0 Å². The number of amides is 2. The molecule has 4 rings (SSSR count). The van der Waals surface area contributed by atoms with Crippen LogP contribution in [0, 0.1) is 23.0 Å². The second kappa shape index (κ2) is 9.41. The van der Waals surface area contributed by atoms with Gasteiger partial charge in [0.25, 0.3) is 5.69 Å². The first kappa shape index (κ1) is 21.8. The Morgan fingerprint density at radius 1 is 1.16 bits per heavy atom. The molecule has 0 spiro atoms. The van der Waals surface area contributed by atoms with Crippen molar-refractivity contribution < 1.29 is 14.5 Å². The molecule has 2 aromatic carbocycles. The van der Waals surface area contributed by atoms with Crippen molar-refractivity contribution in [2.24, 2.45) is 5.92 Å². The molecule has 0 bridgehead atoms. The Morgan fingerprint density at radius 2 is 1.88 bits per heavy atom. The molecule has 2 N–H and O–H groups in total. The second-order valence-electron chi connectivity index (χ2n) is 7.88. The first-order valence-electron chi connectivity index (χ1n) is 10.3. The molecule has 0 radical (unpaired) electrons. The number of thiazole rings is 1. The molecule has 9 nitrogen and oxygen atoms in total. The summed E-state index contributed by atoms with van der Waals surface area (Å²) >= 11 is 1.22. The lowest BCUT2D eigenvalue weighted by atomic mass is 9.96. The molecule has 0 saturated carbocycles. The minimum atomic E-state index is -0.452. The summed E-state index contributed by atoms with van der Waals surface area (Å²) in [6, 6.07) is 12.1. The number of piperidine rings is 1. The number of nitro benzene ring substituents is 1. The van der Waals surface area contributed by atoms with Crippen LogP contribution in [0.5, 0.6) is 0 Å². The minimum Gasteiger partial charge on any atom is -0.325 e. The standard InChI is InChI=1S/C22H23N5O4S/c1-14-2-4-16(5-3-14)23-20(28)13-26-10-8-15(9-11-26)21(29)25-22-24-18-7-6-17(27(30)31)12-19(18)32-22/h2-7,12,15H,8-11,13H2,1H3,(H,23,28)(H,24,25,29). The van der Waals surface area contributed by atoms with Crippen molar-refractivity contribution in [3.05, 3.63) is 58.1 Å². The Balaban J connectivity index is 1.27. The van der Waals surface area contributed by atoms with E-state index >= 15 is 0 Å². The third-order valence-electron chi connectivity index (χ3n) is 5.47. The number of rotatable bonds is 6. The number of benzene rings is 2. The molecule has 1 saturated heterocycles. The van der Waals surface area contributed by atoms with Gasteiger partial charge in [-0.3, -0.25) is 24.6 Å². The number of fused-ring (bicyclic) bond motifs is 1. The van der Waals surface area contributed by atoms with Crippen molar-refractivity contribution in [3.63, 3.8) is 0 Å². The highest BCUT2D eigenvalue weighted by Gasteiger charge is 2.26. The predicted molar refractivity (Wildman–Crippen MR) is 124 cm³/mol. The van der Waals surface area contributed by atoms with E-state index in [-0.39, 0.29) is 23.4 Å². The average molecular weight is 454 g/mol. The summed E-state index contributed by atoms with van der Waals surface area (Å²) in [5.74, 6) is -0.338. The zero-order valence-electron chi connectivity index (χ0n) is 17.5. The lowest BCUT2D eigenvalue weighted by molar-refractivity contribution is -0.384. The van der Waals surface area contributed by atoms with Gasteiger partial charge in [-0.2, -0.15) is 0 Å².